The Morgan fingerprint density at radius 2 is 2.30 bits per heavy atom. The summed E-state index contributed by atoms with van der Waals surface area (Å²) in [5, 5.41) is 6.66. The molecule has 1 aromatic rings. The molecule has 110 valence electrons. The summed E-state index contributed by atoms with van der Waals surface area (Å²) in [5.74, 6) is 0.538. The number of carbonyl (C=O) groups is 1. The molecule has 1 fully saturated rings. The van der Waals surface area contributed by atoms with Crippen molar-refractivity contribution in [2.24, 2.45) is 5.92 Å². The van der Waals surface area contributed by atoms with Crippen molar-refractivity contribution in [2.75, 3.05) is 39.0 Å². The number of hydrogen-bond donors (Lipinski definition) is 2. The van der Waals surface area contributed by atoms with Gasteiger partial charge in [-0.3, -0.25) is 4.79 Å². The minimum Gasteiger partial charge on any atom is -0.383 e. The van der Waals surface area contributed by atoms with E-state index in [4.69, 9.17) is 11.6 Å². The molecule has 0 aromatic heterocycles. The van der Waals surface area contributed by atoms with Crippen molar-refractivity contribution in [2.45, 2.75) is 12.8 Å². The third-order valence-corrected chi connectivity index (χ3v) is 4.09. The number of nitrogens with zero attached hydrogens (tertiary/aromatic N) is 1. The van der Waals surface area contributed by atoms with E-state index in [2.05, 4.69) is 22.6 Å². The van der Waals surface area contributed by atoms with Gasteiger partial charge in [-0.25, -0.2) is 0 Å². The van der Waals surface area contributed by atoms with Gasteiger partial charge in [0.05, 0.1) is 10.7 Å². The van der Waals surface area contributed by atoms with E-state index in [0.29, 0.717) is 16.5 Å². The molecule has 1 atom stereocenters. The standard InChI is InChI=1S/C15H22ClN3O/c1-17-15(20)12-5-6-13(16)14(8-12)18-9-11-4-3-7-19(2)10-11/h5-6,8,11,18H,3-4,7,9-10H2,1-2H3,(H,17,20). The van der Waals surface area contributed by atoms with Gasteiger partial charge in [-0.1, -0.05) is 11.6 Å². The number of anilines is 1. The molecule has 1 aliphatic heterocycles. The third-order valence-electron chi connectivity index (χ3n) is 3.76. The highest BCUT2D eigenvalue weighted by Crippen LogP contribution is 2.24. The van der Waals surface area contributed by atoms with Crippen LogP contribution in [0, 0.1) is 5.92 Å². The Hall–Kier alpha value is -1.26. The van der Waals surface area contributed by atoms with E-state index in [0.717, 1.165) is 18.8 Å². The largest absolute Gasteiger partial charge is 0.383 e. The summed E-state index contributed by atoms with van der Waals surface area (Å²) in [6.07, 6.45) is 2.49. The first-order chi connectivity index (χ1) is 9.60. The van der Waals surface area contributed by atoms with Gasteiger partial charge in [0.2, 0.25) is 0 Å². The zero-order valence-corrected chi connectivity index (χ0v) is 12.8. The zero-order chi connectivity index (χ0) is 14.5. The fraction of sp³-hybridized carbons (Fsp3) is 0.533. The molecular weight excluding hydrogens is 274 g/mol. The molecule has 0 radical (unpaired) electrons. The van der Waals surface area contributed by atoms with Gasteiger partial charge in [-0.15, -0.1) is 0 Å². The van der Waals surface area contributed by atoms with Crippen LogP contribution in [-0.4, -0.2) is 44.5 Å². The number of rotatable bonds is 4. The molecule has 2 rings (SSSR count). The Morgan fingerprint density at radius 1 is 1.50 bits per heavy atom. The van der Waals surface area contributed by atoms with Crippen molar-refractivity contribution in [1.82, 2.24) is 10.2 Å². The molecule has 20 heavy (non-hydrogen) atoms. The van der Waals surface area contributed by atoms with E-state index in [-0.39, 0.29) is 5.91 Å². The van der Waals surface area contributed by atoms with Gasteiger partial charge in [0.1, 0.15) is 0 Å². The Balaban J connectivity index is 1.99. The summed E-state index contributed by atoms with van der Waals surface area (Å²) < 4.78 is 0. The number of hydrogen-bond acceptors (Lipinski definition) is 3. The molecule has 5 heteroatoms. The average molecular weight is 296 g/mol. The van der Waals surface area contributed by atoms with Gasteiger partial charge >= 0.3 is 0 Å². The molecule has 0 bridgehead atoms. The SMILES string of the molecule is CNC(=O)c1ccc(Cl)c(NCC2CCCN(C)C2)c1. The Morgan fingerprint density at radius 3 is 3.00 bits per heavy atom. The minimum absolute atomic E-state index is 0.0953. The molecule has 0 spiro atoms. The van der Waals surface area contributed by atoms with Gasteiger partial charge in [-0.2, -0.15) is 0 Å². The van der Waals surface area contributed by atoms with Crippen LogP contribution in [0.2, 0.25) is 5.02 Å². The molecule has 1 heterocycles. The van der Waals surface area contributed by atoms with Gasteiger partial charge in [-0.05, 0) is 50.6 Å². The van der Waals surface area contributed by atoms with Crippen LogP contribution in [0.4, 0.5) is 5.69 Å². The Labute approximate surface area is 125 Å². The summed E-state index contributed by atoms with van der Waals surface area (Å²) in [6, 6.07) is 5.32. The molecule has 1 aliphatic rings. The fourth-order valence-corrected chi connectivity index (χ4v) is 2.82. The van der Waals surface area contributed by atoms with Crippen LogP contribution in [0.1, 0.15) is 23.2 Å². The fourth-order valence-electron chi connectivity index (χ4n) is 2.64. The lowest BCUT2D eigenvalue weighted by Gasteiger charge is -2.30. The summed E-state index contributed by atoms with van der Waals surface area (Å²) in [6.45, 7) is 3.18. The van der Waals surface area contributed by atoms with Crippen LogP contribution in [0.25, 0.3) is 0 Å². The monoisotopic (exact) mass is 295 g/mol. The highest BCUT2D eigenvalue weighted by atomic mass is 35.5. The molecule has 4 nitrogen and oxygen atoms in total. The third kappa shape index (κ3) is 3.87. The number of amides is 1. The van der Waals surface area contributed by atoms with Crippen molar-refractivity contribution in [3.63, 3.8) is 0 Å². The molecule has 0 saturated carbocycles. The lowest BCUT2D eigenvalue weighted by molar-refractivity contribution is 0.0963. The topological polar surface area (TPSA) is 44.4 Å². The highest BCUT2D eigenvalue weighted by molar-refractivity contribution is 6.33. The van der Waals surface area contributed by atoms with Gasteiger partial charge < -0.3 is 15.5 Å². The number of likely N-dealkylation sites (tertiary alicyclic amines) is 1. The van der Waals surface area contributed by atoms with E-state index in [1.807, 2.05) is 6.07 Å². The van der Waals surface area contributed by atoms with Crippen LogP contribution in [0.3, 0.4) is 0 Å². The van der Waals surface area contributed by atoms with Crippen molar-refractivity contribution in [1.29, 1.82) is 0 Å². The number of benzene rings is 1. The predicted molar refractivity (Wildman–Crippen MR) is 83.6 cm³/mol. The van der Waals surface area contributed by atoms with E-state index in [1.54, 1.807) is 19.2 Å². The Kier molecular flexibility index (Phi) is 5.26. The molecule has 1 unspecified atom stereocenters. The maximum Gasteiger partial charge on any atom is 0.251 e. The molecule has 1 aromatic carbocycles. The van der Waals surface area contributed by atoms with Crippen LogP contribution < -0.4 is 10.6 Å². The van der Waals surface area contributed by atoms with Crippen LogP contribution in [0.15, 0.2) is 18.2 Å². The summed E-state index contributed by atoms with van der Waals surface area (Å²) in [7, 11) is 3.78. The number of nitrogens with one attached hydrogen (secondary N) is 2. The Bertz CT molecular complexity index is 478. The van der Waals surface area contributed by atoms with Crippen molar-refractivity contribution in [3.05, 3.63) is 28.8 Å². The van der Waals surface area contributed by atoms with Gasteiger partial charge in [0.25, 0.3) is 5.91 Å². The minimum atomic E-state index is -0.0953. The quantitative estimate of drug-likeness (QED) is 0.897. The molecular formula is C15H22ClN3O. The number of halogens is 1. The maximum atomic E-state index is 11.6. The second-order valence-corrected chi connectivity index (χ2v) is 5.83. The first kappa shape index (κ1) is 15.1. The lowest BCUT2D eigenvalue weighted by atomic mass is 9.98. The summed E-state index contributed by atoms with van der Waals surface area (Å²) in [5.41, 5.74) is 1.46. The van der Waals surface area contributed by atoms with Gasteiger partial charge in [0.15, 0.2) is 0 Å². The first-order valence-electron chi connectivity index (χ1n) is 7.04. The molecule has 0 aliphatic carbocycles. The highest BCUT2D eigenvalue weighted by Gasteiger charge is 2.17. The van der Waals surface area contributed by atoms with Crippen LogP contribution >= 0.6 is 11.6 Å². The predicted octanol–water partition coefficient (Wildman–Crippen LogP) is 2.45. The van der Waals surface area contributed by atoms with E-state index < -0.39 is 0 Å². The number of piperidine rings is 1. The second kappa shape index (κ2) is 6.95. The second-order valence-electron chi connectivity index (χ2n) is 5.43. The van der Waals surface area contributed by atoms with Crippen molar-refractivity contribution >= 4 is 23.2 Å². The van der Waals surface area contributed by atoms with Crippen LogP contribution in [-0.2, 0) is 0 Å². The normalized spacial score (nSPS) is 19.6. The van der Waals surface area contributed by atoms with E-state index in [1.165, 1.54) is 19.4 Å². The van der Waals surface area contributed by atoms with Gasteiger partial charge in [0, 0.05) is 25.7 Å². The molecule has 1 amide bonds. The summed E-state index contributed by atoms with van der Waals surface area (Å²) >= 11 is 6.19. The van der Waals surface area contributed by atoms with Crippen molar-refractivity contribution in [3.8, 4) is 0 Å². The van der Waals surface area contributed by atoms with Crippen LogP contribution in [0.5, 0.6) is 0 Å². The maximum absolute atomic E-state index is 11.6. The molecule has 2 N–H and O–H groups in total. The smallest absolute Gasteiger partial charge is 0.251 e. The summed E-state index contributed by atoms with van der Waals surface area (Å²) in [4.78, 5) is 14.0. The van der Waals surface area contributed by atoms with E-state index >= 15 is 0 Å². The lowest BCUT2D eigenvalue weighted by Crippen LogP contribution is -2.35. The zero-order valence-electron chi connectivity index (χ0n) is 12.1. The number of carbonyl (C=O) groups excluding carboxylic acids is 1. The first-order valence-corrected chi connectivity index (χ1v) is 7.42. The van der Waals surface area contributed by atoms with Crippen molar-refractivity contribution < 1.29 is 4.79 Å². The van der Waals surface area contributed by atoms with E-state index in [9.17, 15) is 4.79 Å². The average Bonchev–Trinajstić information content (AvgIpc) is 2.45. The molecule has 1 saturated heterocycles.